The van der Waals surface area contributed by atoms with Gasteiger partial charge in [-0.15, -0.1) is 0 Å². The van der Waals surface area contributed by atoms with Gasteiger partial charge in [0.1, 0.15) is 17.2 Å². The van der Waals surface area contributed by atoms with Gasteiger partial charge in [0.25, 0.3) is 11.8 Å². The summed E-state index contributed by atoms with van der Waals surface area (Å²) in [6.07, 6.45) is 2.99. The fraction of sp³-hybridized carbons (Fsp3) is 0.483. The summed E-state index contributed by atoms with van der Waals surface area (Å²) in [5.74, 6) is -4.45. The molecule has 1 N–H and O–H groups in total. The number of amides is 2. The number of halogens is 2. The summed E-state index contributed by atoms with van der Waals surface area (Å²) >= 11 is 0. The molecule has 0 radical (unpaired) electrons. The van der Waals surface area contributed by atoms with Gasteiger partial charge in [-0.2, -0.15) is 0 Å². The number of aromatic nitrogens is 1. The Morgan fingerprint density at radius 3 is 2.74 bits per heavy atom. The lowest BCUT2D eigenvalue weighted by Gasteiger charge is -2.42. The predicted octanol–water partition coefficient (Wildman–Crippen LogP) is 2.86. The zero-order valence-corrected chi connectivity index (χ0v) is 23.2. The summed E-state index contributed by atoms with van der Waals surface area (Å²) in [6, 6.07) is 2.15. The molecule has 2 bridgehead atoms. The molecule has 42 heavy (non-hydrogen) atoms. The molecule has 1 unspecified atom stereocenters. The molecule has 6 rings (SSSR count). The van der Waals surface area contributed by atoms with Gasteiger partial charge >= 0.3 is 5.97 Å². The van der Waals surface area contributed by atoms with Crippen molar-refractivity contribution in [3.63, 3.8) is 0 Å². The number of esters is 1. The van der Waals surface area contributed by atoms with Crippen LogP contribution in [0, 0.1) is 11.6 Å². The number of rotatable bonds is 5. The molecule has 0 saturated carbocycles. The van der Waals surface area contributed by atoms with E-state index in [4.69, 9.17) is 14.3 Å². The monoisotopic (exact) mass is 584 g/mol. The maximum absolute atomic E-state index is 14.2. The highest BCUT2D eigenvalue weighted by Crippen LogP contribution is 2.46. The van der Waals surface area contributed by atoms with Crippen molar-refractivity contribution in [1.29, 1.82) is 0 Å². The molecule has 4 aliphatic heterocycles. The number of benzene rings is 1. The first kappa shape index (κ1) is 28.0. The van der Waals surface area contributed by atoms with Crippen LogP contribution in [0.3, 0.4) is 0 Å². The van der Waals surface area contributed by atoms with Gasteiger partial charge in [-0.05, 0) is 45.6 Å². The van der Waals surface area contributed by atoms with Crippen LogP contribution < -0.4 is 15.5 Å². The maximum Gasteiger partial charge on any atom is 0.340 e. The molecular weight excluding hydrogens is 554 g/mol. The Balaban J connectivity index is 1.45. The third kappa shape index (κ3) is 4.75. The number of pyridine rings is 1. The third-order valence-electron chi connectivity index (χ3n) is 8.52. The zero-order chi connectivity index (χ0) is 29.8. The van der Waals surface area contributed by atoms with Gasteiger partial charge in [0, 0.05) is 50.0 Å². The predicted molar refractivity (Wildman–Crippen MR) is 143 cm³/mol. The normalized spacial score (nSPS) is 26.4. The summed E-state index contributed by atoms with van der Waals surface area (Å²) in [7, 11) is 0. The van der Waals surface area contributed by atoms with Gasteiger partial charge in [-0.3, -0.25) is 14.4 Å². The fourth-order valence-electron chi connectivity index (χ4n) is 6.23. The van der Waals surface area contributed by atoms with Crippen molar-refractivity contribution in [2.24, 2.45) is 5.16 Å². The van der Waals surface area contributed by atoms with Crippen LogP contribution in [0.5, 0.6) is 5.75 Å². The number of nitrogens with zero attached hydrogens (tertiary/aromatic N) is 3. The van der Waals surface area contributed by atoms with Gasteiger partial charge in [0.05, 0.1) is 11.8 Å². The highest BCUT2D eigenvalue weighted by atomic mass is 19.1. The van der Waals surface area contributed by atoms with Crippen molar-refractivity contribution in [3.8, 4) is 5.75 Å². The zero-order valence-electron chi connectivity index (χ0n) is 23.2. The first-order valence-electron chi connectivity index (χ1n) is 13.9. The van der Waals surface area contributed by atoms with E-state index in [0.717, 1.165) is 11.8 Å². The average molecular weight is 585 g/mol. The molecule has 1 aromatic carbocycles. The van der Waals surface area contributed by atoms with Crippen LogP contribution in [0.15, 0.2) is 34.3 Å². The molecule has 11 nitrogen and oxygen atoms in total. The first-order chi connectivity index (χ1) is 20.1. The quantitative estimate of drug-likeness (QED) is 0.536. The number of hydrogen-bond acceptors (Lipinski definition) is 8. The highest BCUT2D eigenvalue weighted by Gasteiger charge is 2.54. The number of ether oxygens (including phenoxy) is 2. The SMILES string of the molecule is CC1=NO[C@@]2(CC[C@H](C)N3C[C@H]2n2cc(C(=O)NCc4ccc(F)cc4F)c(=O)c(OC(=O)C4CCCO4)c2C3=O)C1. The molecule has 4 atom stereocenters. The van der Waals surface area contributed by atoms with Crippen molar-refractivity contribution >= 4 is 23.5 Å². The van der Waals surface area contributed by atoms with E-state index in [1.54, 1.807) is 4.90 Å². The van der Waals surface area contributed by atoms with Gasteiger partial charge in [-0.1, -0.05) is 11.2 Å². The molecule has 4 aliphatic rings. The molecule has 222 valence electrons. The second kappa shape index (κ2) is 10.6. The molecule has 2 fully saturated rings. The van der Waals surface area contributed by atoms with Crippen LogP contribution in [-0.2, 0) is 20.9 Å². The van der Waals surface area contributed by atoms with Crippen LogP contribution >= 0.6 is 0 Å². The van der Waals surface area contributed by atoms with Crippen LogP contribution in [0.1, 0.15) is 78.4 Å². The van der Waals surface area contributed by atoms with E-state index >= 15 is 0 Å². The van der Waals surface area contributed by atoms with E-state index in [1.807, 2.05) is 13.8 Å². The molecule has 0 aliphatic carbocycles. The van der Waals surface area contributed by atoms with E-state index < -0.39 is 63.9 Å². The number of oxime groups is 1. The van der Waals surface area contributed by atoms with E-state index in [0.29, 0.717) is 44.8 Å². The van der Waals surface area contributed by atoms with Crippen molar-refractivity contribution in [1.82, 2.24) is 14.8 Å². The number of hydrogen-bond donors (Lipinski definition) is 1. The highest BCUT2D eigenvalue weighted by molar-refractivity contribution is 6.00. The van der Waals surface area contributed by atoms with Crippen LogP contribution in [0.25, 0.3) is 0 Å². The van der Waals surface area contributed by atoms with Crippen LogP contribution in [-0.4, -0.2) is 63.9 Å². The molecule has 2 aromatic rings. The lowest BCUT2D eigenvalue weighted by Crippen LogP contribution is -2.52. The smallest absolute Gasteiger partial charge is 0.340 e. The van der Waals surface area contributed by atoms with Crippen molar-refractivity contribution in [3.05, 3.63) is 63.1 Å². The van der Waals surface area contributed by atoms with E-state index in [2.05, 4.69) is 10.5 Å². The minimum atomic E-state index is -0.973. The summed E-state index contributed by atoms with van der Waals surface area (Å²) in [4.78, 5) is 61.8. The Morgan fingerprint density at radius 1 is 1.24 bits per heavy atom. The third-order valence-corrected chi connectivity index (χ3v) is 8.52. The number of carbonyl (C=O) groups excluding carboxylic acids is 3. The van der Waals surface area contributed by atoms with Crippen molar-refractivity contribution < 1.29 is 37.5 Å². The second-order valence-electron chi connectivity index (χ2n) is 11.3. The van der Waals surface area contributed by atoms with Crippen LogP contribution in [0.4, 0.5) is 8.78 Å². The lowest BCUT2D eigenvalue weighted by atomic mass is 9.84. The summed E-state index contributed by atoms with van der Waals surface area (Å²) < 4.78 is 40.1. The van der Waals surface area contributed by atoms with E-state index in [9.17, 15) is 28.0 Å². The molecule has 5 heterocycles. The number of fused-ring (bicyclic) bond motifs is 5. The molecular formula is C29H30F2N4O7. The summed E-state index contributed by atoms with van der Waals surface area (Å²) in [5, 5.41) is 6.67. The second-order valence-corrected chi connectivity index (χ2v) is 11.3. The summed E-state index contributed by atoms with van der Waals surface area (Å²) in [6.45, 7) is 3.97. The summed E-state index contributed by atoms with van der Waals surface area (Å²) in [5.41, 5.74) is -1.65. The van der Waals surface area contributed by atoms with Gasteiger partial charge < -0.3 is 29.1 Å². The first-order valence-corrected chi connectivity index (χ1v) is 13.9. The fourth-order valence-corrected chi connectivity index (χ4v) is 6.23. The van der Waals surface area contributed by atoms with Gasteiger partial charge in [-0.25, -0.2) is 13.6 Å². The van der Waals surface area contributed by atoms with Crippen molar-refractivity contribution in [2.45, 2.75) is 76.3 Å². The van der Waals surface area contributed by atoms with Crippen LogP contribution in [0.2, 0.25) is 0 Å². The standard InChI is InChI=1S/C29H30F2N4O7/c1-15-11-29(42-33-15)8-7-16(2)34-14-22(29)35-13-19(26(37)32-12-17-5-6-18(30)10-20(17)31)24(36)25(23(35)27(34)38)41-28(39)21-4-3-9-40-21/h5-6,10,13,16,21-22H,3-4,7-9,11-12,14H2,1-2H3,(H,32,37)/t16-,21?,22+,29-/m0/s1. The number of nitrogens with one attached hydrogen (secondary N) is 1. The topological polar surface area (TPSA) is 129 Å². The minimum absolute atomic E-state index is 0.00218. The largest absolute Gasteiger partial charge is 0.418 e. The Kier molecular flexibility index (Phi) is 7.08. The molecule has 2 saturated heterocycles. The van der Waals surface area contributed by atoms with E-state index in [1.165, 1.54) is 16.8 Å². The molecule has 2 amide bonds. The Hall–Kier alpha value is -4.13. The van der Waals surface area contributed by atoms with Crippen molar-refractivity contribution in [2.75, 3.05) is 13.2 Å². The minimum Gasteiger partial charge on any atom is -0.418 e. The molecule has 1 aromatic heterocycles. The maximum atomic E-state index is 14.2. The molecule has 1 spiro atoms. The van der Waals surface area contributed by atoms with Gasteiger partial charge in [0.15, 0.2) is 17.4 Å². The molecule has 13 heteroatoms. The number of carbonyl (C=O) groups is 3. The Labute approximate surface area is 239 Å². The van der Waals surface area contributed by atoms with E-state index in [-0.39, 0.29) is 30.4 Å². The Bertz CT molecular complexity index is 1570. The van der Waals surface area contributed by atoms with Gasteiger partial charge in [0.2, 0.25) is 11.2 Å². The average Bonchev–Trinajstić information content (AvgIpc) is 3.61. The Morgan fingerprint density at radius 2 is 2.05 bits per heavy atom. The lowest BCUT2D eigenvalue weighted by molar-refractivity contribution is -0.144.